The number of nitrogens with one attached hydrogen (secondary N) is 2. The number of piperidine rings is 1. The van der Waals surface area contributed by atoms with Crippen LogP contribution in [0, 0.1) is 0 Å². The average Bonchev–Trinajstić information content (AvgIpc) is 2.43. The van der Waals surface area contributed by atoms with E-state index in [2.05, 4.69) is 19.7 Å². The average molecular weight is 275 g/mol. The zero-order valence-corrected chi connectivity index (χ0v) is 11.7. The van der Waals surface area contributed by atoms with Crippen molar-refractivity contribution in [2.45, 2.75) is 18.9 Å². The van der Waals surface area contributed by atoms with Gasteiger partial charge in [-0.1, -0.05) is 11.9 Å². The van der Waals surface area contributed by atoms with Crippen LogP contribution in [0.25, 0.3) is 0 Å². The number of hydrogen-bond donors (Lipinski definition) is 2. The van der Waals surface area contributed by atoms with E-state index in [1.165, 1.54) is 7.11 Å². The summed E-state index contributed by atoms with van der Waals surface area (Å²) in [7, 11) is 1.30. The fraction of sp³-hybridized carbons (Fsp3) is 0.818. The van der Waals surface area contributed by atoms with Gasteiger partial charge in [-0.3, -0.25) is 9.59 Å². The third-order valence-electron chi connectivity index (χ3n) is 2.91. The molecule has 0 aromatic rings. The van der Waals surface area contributed by atoms with Crippen molar-refractivity contribution in [3.05, 3.63) is 0 Å². The number of esters is 1. The zero-order chi connectivity index (χ0) is 13.4. The van der Waals surface area contributed by atoms with Gasteiger partial charge < -0.3 is 15.4 Å². The summed E-state index contributed by atoms with van der Waals surface area (Å²) in [6, 6.07) is 0.421. The maximum atomic E-state index is 11.7. The molecule has 18 heavy (non-hydrogen) atoms. The van der Waals surface area contributed by atoms with Gasteiger partial charge >= 0.3 is 5.97 Å². The van der Waals surface area contributed by atoms with Crippen molar-refractivity contribution >= 4 is 23.8 Å². The number of amides is 1. The first-order valence-electron chi connectivity index (χ1n) is 6.02. The standard InChI is InChI=1S/C11H21N3O3S/c1-17-11(16)7-13-10(15)8-14(18-2)9-3-5-12-6-4-9/h9,12H,3-8H2,1-2H3,(H,13,15). The normalized spacial score (nSPS) is 16.6. The quantitative estimate of drug-likeness (QED) is 0.508. The molecule has 104 valence electrons. The van der Waals surface area contributed by atoms with E-state index >= 15 is 0 Å². The van der Waals surface area contributed by atoms with Crippen molar-refractivity contribution in [1.29, 1.82) is 0 Å². The summed E-state index contributed by atoms with van der Waals surface area (Å²) in [5.74, 6) is -0.575. The van der Waals surface area contributed by atoms with E-state index in [1.807, 2.05) is 6.26 Å². The van der Waals surface area contributed by atoms with Gasteiger partial charge in [-0.15, -0.1) is 0 Å². The van der Waals surface area contributed by atoms with E-state index in [0.717, 1.165) is 25.9 Å². The summed E-state index contributed by atoms with van der Waals surface area (Å²) >= 11 is 1.57. The first-order valence-corrected chi connectivity index (χ1v) is 7.20. The number of methoxy groups -OCH3 is 1. The van der Waals surface area contributed by atoms with Crippen LogP contribution in [0.15, 0.2) is 0 Å². The lowest BCUT2D eigenvalue weighted by molar-refractivity contribution is -0.141. The summed E-state index contributed by atoms with van der Waals surface area (Å²) in [6.45, 7) is 2.23. The number of carbonyl (C=O) groups is 2. The Balaban J connectivity index is 2.32. The Hall–Kier alpha value is -0.790. The smallest absolute Gasteiger partial charge is 0.325 e. The molecule has 0 radical (unpaired) electrons. The van der Waals surface area contributed by atoms with E-state index in [-0.39, 0.29) is 12.5 Å². The Morgan fingerprint density at radius 1 is 1.44 bits per heavy atom. The maximum Gasteiger partial charge on any atom is 0.325 e. The highest BCUT2D eigenvalue weighted by Gasteiger charge is 2.22. The van der Waals surface area contributed by atoms with Gasteiger partial charge in [-0.25, -0.2) is 4.31 Å². The molecule has 0 atom stereocenters. The molecule has 6 nitrogen and oxygen atoms in total. The first kappa shape index (κ1) is 15.3. The Labute approximate surface area is 112 Å². The maximum absolute atomic E-state index is 11.7. The van der Waals surface area contributed by atoms with Gasteiger partial charge in [0.1, 0.15) is 6.54 Å². The predicted molar refractivity (Wildman–Crippen MR) is 71.1 cm³/mol. The van der Waals surface area contributed by atoms with Crippen LogP contribution in [0.5, 0.6) is 0 Å². The van der Waals surface area contributed by atoms with E-state index in [0.29, 0.717) is 12.6 Å². The highest BCUT2D eigenvalue weighted by atomic mass is 32.2. The fourth-order valence-corrected chi connectivity index (χ4v) is 2.63. The summed E-state index contributed by atoms with van der Waals surface area (Å²) in [4.78, 5) is 22.6. The lowest BCUT2D eigenvalue weighted by Crippen LogP contribution is -2.44. The Bertz CT molecular complexity index is 283. The molecule has 0 aromatic heterocycles. The molecule has 7 heteroatoms. The van der Waals surface area contributed by atoms with Crippen LogP contribution in [0.2, 0.25) is 0 Å². The van der Waals surface area contributed by atoms with Gasteiger partial charge in [0.2, 0.25) is 5.91 Å². The predicted octanol–water partition coefficient (Wildman–Crippen LogP) is -0.392. The molecule has 0 aromatic carbocycles. The lowest BCUT2D eigenvalue weighted by Gasteiger charge is -2.32. The van der Waals surface area contributed by atoms with Gasteiger partial charge in [0.25, 0.3) is 0 Å². The third-order valence-corrected chi connectivity index (χ3v) is 3.80. The number of rotatable bonds is 6. The topological polar surface area (TPSA) is 70.7 Å². The molecule has 1 saturated heterocycles. The lowest BCUT2D eigenvalue weighted by atomic mass is 10.1. The molecule has 2 N–H and O–H groups in total. The molecule has 1 heterocycles. The molecule has 1 amide bonds. The molecule has 0 aliphatic carbocycles. The van der Waals surface area contributed by atoms with Crippen LogP contribution in [-0.2, 0) is 14.3 Å². The van der Waals surface area contributed by atoms with Crippen LogP contribution < -0.4 is 10.6 Å². The van der Waals surface area contributed by atoms with Crippen molar-refractivity contribution in [3.63, 3.8) is 0 Å². The summed E-state index contributed by atoms with van der Waals surface area (Å²) in [5.41, 5.74) is 0. The van der Waals surface area contributed by atoms with Crippen LogP contribution in [-0.4, -0.2) is 61.8 Å². The molecule has 1 fully saturated rings. The first-order chi connectivity index (χ1) is 8.67. The molecule has 0 saturated carbocycles. The van der Waals surface area contributed by atoms with E-state index in [4.69, 9.17) is 0 Å². The van der Waals surface area contributed by atoms with Crippen molar-refractivity contribution in [2.24, 2.45) is 0 Å². The van der Waals surface area contributed by atoms with Crippen LogP contribution in [0.4, 0.5) is 0 Å². The fourth-order valence-electron chi connectivity index (χ4n) is 1.88. The van der Waals surface area contributed by atoms with Gasteiger partial charge in [0.15, 0.2) is 0 Å². The number of nitrogens with zero attached hydrogens (tertiary/aromatic N) is 1. The van der Waals surface area contributed by atoms with Crippen LogP contribution in [0.3, 0.4) is 0 Å². The largest absolute Gasteiger partial charge is 0.468 e. The van der Waals surface area contributed by atoms with Crippen molar-refractivity contribution in [2.75, 3.05) is 39.5 Å². The SMILES string of the molecule is COC(=O)CNC(=O)CN(SC)C1CCNCC1. The molecule has 0 unspecified atom stereocenters. The monoisotopic (exact) mass is 275 g/mol. The van der Waals surface area contributed by atoms with Gasteiger partial charge in [0.05, 0.1) is 13.7 Å². The number of ether oxygens (including phenoxy) is 1. The minimum absolute atomic E-state index is 0.0657. The third kappa shape index (κ3) is 5.24. The summed E-state index contributed by atoms with van der Waals surface area (Å²) in [5, 5.41) is 5.85. The Morgan fingerprint density at radius 2 is 2.11 bits per heavy atom. The molecule has 1 aliphatic rings. The minimum atomic E-state index is -0.430. The second kappa shape index (κ2) is 8.34. The molecular formula is C11H21N3O3S. The van der Waals surface area contributed by atoms with Gasteiger partial charge in [-0.05, 0) is 32.2 Å². The van der Waals surface area contributed by atoms with Gasteiger partial charge in [-0.2, -0.15) is 0 Å². The highest BCUT2D eigenvalue weighted by Crippen LogP contribution is 2.18. The van der Waals surface area contributed by atoms with E-state index in [1.54, 1.807) is 11.9 Å². The molecule has 1 aliphatic heterocycles. The number of hydrogen-bond acceptors (Lipinski definition) is 6. The van der Waals surface area contributed by atoms with Gasteiger partial charge in [0, 0.05) is 6.04 Å². The second-order valence-corrected chi connectivity index (χ2v) is 4.93. The molecule has 0 bridgehead atoms. The Kier molecular flexibility index (Phi) is 7.07. The van der Waals surface area contributed by atoms with Crippen LogP contribution in [0.1, 0.15) is 12.8 Å². The summed E-state index contributed by atoms with van der Waals surface area (Å²) < 4.78 is 6.54. The van der Waals surface area contributed by atoms with Crippen LogP contribution >= 0.6 is 11.9 Å². The molecule has 1 rings (SSSR count). The van der Waals surface area contributed by atoms with E-state index in [9.17, 15) is 9.59 Å². The molecular weight excluding hydrogens is 254 g/mol. The molecule has 0 spiro atoms. The van der Waals surface area contributed by atoms with Crippen molar-refractivity contribution < 1.29 is 14.3 Å². The highest BCUT2D eigenvalue weighted by molar-refractivity contribution is 7.96. The zero-order valence-electron chi connectivity index (χ0n) is 10.9. The second-order valence-electron chi connectivity index (χ2n) is 4.09. The van der Waals surface area contributed by atoms with E-state index < -0.39 is 5.97 Å². The minimum Gasteiger partial charge on any atom is -0.468 e. The van der Waals surface area contributed by atoms with Crippen molar-refractivity contribution in [3.8, 4) is 0 Å². The Morgan fingerprint density at radius 3 is 2.67 bits per heavy atom. The number of carbonyl (C=O) groups excluding carboxylic acids is 2. The van der Waals surface area contributed by atoms with Crippen molar-refractivity contribution in [1.82, 2.24) is 14.9 Å². The summed E-state index contributed by atoms with van der Waals surface area (Å²) in [6.07, 6.45) is 4.06.